The molecule has 14 heteroatoms. The molecule has 1 aromatic rings. The van der Waals surface area contributed by atoms with Gasteiger partial charge < -0.3 is 19.3 Å². The Kier molecular flexibility index (Phi) is 8.14. The van der Waals surface area contributed by atoms with Crippen molar-refractivity contribution in [3.63, 3.8) is 0 Å². The number of alkyl halides is 2. The van der Waals surface area contributed by atoms with Crippen LogP contribution in [0, 0.1) is 11.6 Å². The van der Waals surface area contributed by atoms with E-state index in [9.17, 15) is 23.2 Å². The van der Waals surface area contributed by atoms with Gasteiger partial charge in [-0.15, -0.1) is 0 Å². The zero-order valence-corrected chi connectivity index (χ0v) is 19.3. The number of halogens is 4. The van der Waals surface area contributed by atoms with Crippen molar-refractivity contribution in [3.05, 3.63) is 23.8 Å². The van der Waals surface area contributed by atoms with E-state index in [1.165, 1.54) is 9.96 Å². The van der Waals surface area contributed by atoms with Crippen molar-refractivity contribution in [2.45, 2.75) is 25.4 Å². The van der Waals surface area contributed by atoms with Crippen molar-refractivity contribution in [1.82, 2.24) is 9.96 Å². The smallest absolute Gasteiger partial charge is 0.414 e. The van der Waals surface area contributed by atoms with Gasteiger partial charge >= 0.3 is 12.1 Å². The van der Waals surface area contributed by atoms with Crippen molar-refractivity contribution in [3.8, 4) is 0 Å². The molecule has 198 valence electrons. The summed E-state index contributed by atoms with van der Waals surface area (Å²) in [7, 11) is 0. The second-order valence-electron chi connectivity index (χ2n) is 8.48. The molecular formula is C22H26F4N4O6. The molecule has 0 unspecified atom stereocenters. The number of nitrogens with zero attached hydrogens (tertiary/aromatic N) is 4. The standard InChI is InChI=1S/C22H26F4N4O6/c23-16-11-14(29-13-15(36-22(29)33)1-2-18(31)20(25)26)12-17(24)19(16)27-3-4-30(35-10-7-27)21(32)28-5-8-34-9-6-28/h11-12,15,20H,1-10,13H2/t15-/m0/s1. The molecule has 0 aromatic heterocycles. The summed E-state index contributed by atoms with van der Waals surface area (Å²) in [6, 6.07) is 1.62. The molecule has 0 spiro atoms. The summed E-state index contributed by atoms with van der Waals surface area (Å²) in [5, 5.41) is 1.18. The van der Waals surface area contributed by atoms with Crippen LogP contribution in [0.2, 0.25) is 0 Å². The van der Waals surface area contributed by atoms with Crippen LogP contribution in [0.1, 0.15) is 12.8 Å². The van der Waals surface area contributed by atoms with Gasteiger partial charge in [0.05, 0.1) is 38.6 Å². The molecule has 0 radical (unpaired) electrons. The van der Waals surface area contributed by atoms with Gasteiger partial charge in [0.2, 0.25) is 0 Å². The number of rotatable bonds is 6. The van der Waals surface area contributed by atoms with E-state index in [-0.39, 0.29) is 56.6 Å². The number of carbonyl (C=O) groups excluding carboxylic acids is 3. The van der Waals surface area contributed by atoms with Crippen LogP contribution < -0.4 is 9.80 Å². The number of Topliss-reactive ketones (excluding diaryl/α,β-unsaturated/α-hetero) is 1. The Bertz CT molecular complexity index is 970. The third-order valence-electron chi connectivity index (χ3n) is 6.14. The average Bonchev–Trinajstić information content (AvgIpc) is 3.06. The number of ketones is 1. The maximum atomic E-state index is 15.1. The number of hydrogen-bond donors (Lipinski definition) is 0. The topological polar surface area (TPSA) is 91.9 Å². The lowest BCUT2D eigenvalue weighted by Crippen LogP contribution is -2.48. The van der Waals surface area contributed by atoms with Gasteiger partial charge in [-0.05, 0) is 6.42 Å². The summed E-state index contributed by atoms with van der Waals surface area (Å²) >= 11 is 0. The van der Waals surface area contributed by atoms with Gasteiger partial charge in [0.25, 0.3) is 6.43 Å². The lowest BCUT2D eigenvalue weighted by Gasteiger charge is -2.31. The van der Waals surface area contributed by atoms with Crippen LogP contribution in [-0.4, -0.2) is 99.5 Å². The molecule has 0 aliphatic carbocycles. The number of urea groups is 1. The van der Waals surface area contributed by atoms with Crippen LogP contribution in [0.4, 0.5) is 38.5 Å². The number of ether oxygens (including phenoxy) is 2. The maximum absolute atomic E-state index is 15.1. The van der Waals surface area contributed by atoms with Crippen LogP contribution >= 0.6 is 0 Å². The molecule has 10 nitrogen and oxygen atoms in total. The van der Waals surface area contributed by atoms with Gasteiger partial charge in [0, 0.05) is 44.7 Å². The van der Waals surface area contributed by atoms with Crippen molar-refractivity contribution in [1.29, 1.82) is 0 Å². The van der Waals surface area contributed by atoms with E-state index >= 15 is 8.78 Å². The summed E-state index contributed by atoms with van der Waals surface area (Å²) in [5.74, 6) is -3.12. The van der Waals surface area contributed by atoms with E-state index in [1.807, 2.05) is 0 Å². The third kappa shape index (κ3) is 5.81. The van der Waals surface area contributed by atoms with Gasteiger partial charge in [0.15, 0.2) is 17.4 Å². The number of amides is 3. The first kappa shape index (κ1) is 25.9. The van der Waals surface area contributed by atoms with Gasteiger partial charge in [-0.2, -0.15) is 0 Å². The Labute approximate surface area is 204 Å². The van der Waals surface area contributed by atoms with Crippen LogP contribution in [0.5, 0.6) is 0 Å². The molecule has 3 aliphatic heterocycles. The number of anilines is 2. The number of hydrogen-bond acceptors (Lipinski definition) is 7. The fourth-order valence-corrected chi connectivity index (χ4v) is 4.24. The third-order valence-corrected chi connectivity index (χ3v) is 6.14. The van der Waals surface area contributed by atoms with Gasteiger partial charge in [-0.1, -0.05) is 0 Å². The first-order valence-electron chi connectivity index (χ1n) is 11.5. The van der Waals surface area contributed by atoms with Crippen LogP contribution in [-0.2, 0) is 19.1 Å². The molecule has 36 heavy (non-hydrogen) atoms. The van der Waals surface area contributed by atoms with E-state index in [0.717, 1.165) is 17.0 Å². The number of benzene rings is 1. The second-order valence-corrected chi connectivity index (χ2v) is 8.48. The zero-order chi connectivity index (χ0) is 25.8. The number of morpholine rings is 1. The second kappa shape index (κ2) is 11.3. The quantitative estimate of drug-likeness (QED) is 0.535. The molecule has 3 heterocycles. The molecule has 0 N–H and O–H groups in total. The van der Waals surface area contributed by atoms with Crippen molar-refractivity contribution in [2.75, 3.05) is 68.9 Å². The van der Waals surface area contributed by atoms with Crippen molar-refractivity contribution < 1.29 is 46.3 Å². The first-order chi connectivity index (χ1) is 17.2. The molecule has 1 atom stereocenters. The summed E-state index contributed by atoms with van der Waals surface area (Å²) in [4.78, 5) is 45.5. The Hall–Kier alpha value is -3.13. The van der Waals surface area contributed by atoms with Crippen molar-refractivity contribution in [2.24, 2.45) is 0 Å². The van der Waals surface area contributed by atoms with E-state index in [2.05, 4.69) is 0 Å². The fraction of sp³-hybridized carbons (Fsp3) is 0.591. The number of cyclic esters (lactones) is 1. The monoisotopic (exact) mass is 518 g/mol. The largest absolute Gasteiger partial charge is 0.444 e. The molecule has 3 amide bonds. The molecule has 3 aliphatic rings. The first-order valence-corrected chi connectivity index (χ1v) is 11.5. The van der Waals surface area contributed by atoms with E-state index < -0.39 is 42.5 Å². The van der Waals surface area contributed by atoms with E-state index in [0.29, 0.717) is 26.3 Å². The van der Waals surface area contributed by atoms with Gasteiger partial charge in [-0.25, -0.2) is 32.2 Å². The molecular weight excluding hydrogens is 492 g/mol. The summed E-state index contributed by atoms with van der Waals surface area (Å²) < 4.78 is 65.2. The summed E-state index contributed by atoms with van der Waals surface area (Å²) in [6.07, 6.45) is -5.46. The lowest BCUT2D eigenvalue weighted by molar-refractivity contribution is -0.129. The number of hydroxylamine groups is 2. The molecule has 3 saturated heterocycles. The SMILES string of the molecule is O=C(CC[C@H]1CN(c2cc(F)c(N3CCON(C(=O)N4CCOCC4)CC3)c(F)c2)C(=O)O1)C(F)F. The maximum Gasteiger partial charge on any atom is 0.414 e. The van der Waals surface area contributed by atoms with Crippen LogP contribution in [0.3, 0.4) is 0 Å². The van der Waals surface area contributed by atoms with Crippen molar-refractivity contribution >= 4 is 29.3 Å². The highest BCUT2D eigenvalue weighted by atomic mass is 19.3. The molecule has 1 aromatic carbocycles. The molecule has 0 saturated carbocycles. The molecule has 3 fully saturated rings. The fourth-order valence-electron chi connectivity index (χ4n) is 4.24. The Morgan fingerprint density at radius 1 is 1.00 bits per heavy atom. The average molecular weight is 518 g/mol. The summed E-state index contributed by atoms with van der Waals surface area (Å²) in [5.41, 5.74) is -0.425. The van der Waals surface area contributed by atoms with E-state index in [1.54, 1.807) is 4.90 Å². The van der Waals surface area contributed by atoms with Crippen LogP contribution in [0.25, 0.3) is 0 Å². The minimum atomic E-state index is -3.11. The predicted molar refractivity (Wildman–Crippen MR) is 117 cm³/mol. The summed E-state index contributed by atoms with van der Waals surface area (Å²) in [6.45, 7) is 1.89. The highest BCUT2D eigenvalue weighted by Gasteiger charge is 2.35. The van der Waals surface area contributed by atoms with Gasteiger partial charge in [-0.3, -0.25) is 14.5 Å². The normalized spacial score (nSPS) is 21.1. The van der Waals surface area contributed by atoms with Crippen LogP contribution in [0.15, 0.2) is 12.1 Å². The Balaban J connectivity index is 1.40. The highest BCUT2D eigenvalue weighted by molar-refractivity contribution is 5.90. The Morgan fingerprint density at radius 2 is 1.69 bits per heavy atom. The molecule has 4 rings (SSSR count). The van der Waals surface area contributed by atoms with E-state index in [4.69, 9.17) is 14.3 Å². The lowest BCUT2D eigenvalue weighted by atomic mass is 10.1. The minimum Gasteiger partial charge on any atom is -0.444 e. The minimum absolute atomic E-state index is 0.0220. The Morgan fingerprint density at radius 3 is 2.36 bits per heavy atom. The highest BCUT2D eigenvalue weighted by Crippen LogP contribution is 2.32. The predicted octanol–water partition coefficient (Wildman–Crippen LogP) is 2.41. The zero-order valence-electron chi connectivity index (χ0n) is 19.3. The number of carbonyl (C=O) groups is 3. The molecule has 0 bridgehead atoms. The van der Waals surface area contributed by atoms with Gasteiger partial charge in [0.1, 0.15) is 11.8 Å².